The maximum Gasteiger partial charge on any atom is 0.455 e. The molecular weight excluding hydrogens is 342 g/mol. The van der Waals surface area contributed by atoms with E-state index in [4.69, 9.17) is 0 Å². The fraction of sp³-hybridized carbons (Fsp3) is 0.500. The Labute approximate surface area is 104 Å². The molecule has 0 heterocycles. The summed E-state index contributed by atoms with van der Waals surface area (Å²) in [7, 11) is 1.38. The number of hydrogen-bond donors (Lipinski definition) is 0. The summed E-state index contributed by atoms with van der Waals surface area (Å²) in [5.41, 5.74) is -1.04. The van der Waals surface area contributed by atoms with E-state index in [0.717, 1.165) is 9.31 Å². The van der Waals surface area contributed by atoms with Gasteiger partial charge in [0.05, 0.1) is 29.5 Å². The van der Waals surface area contributed by atoms with Crippen LogP contribution < -0.4 is 0 Å². The van der Waals surface area contributed by atoms with Crippen LogP contribution in [0.2, 0.25) is 0 Å². The van der Waals surface area contributed by atoms with Gasteiger partial charge in [-0.15, -0.1) is 0 Å². The molecule has 0 amide bonds. The van der Waals surface area contributed by atoms with Gasteiger partial charge in [0, 0.05) is 13.2 Å². The molecule has 0 saturated heterocycles. The van der Waals surface area contributed by atoms with E-state index in [0.29, 0.717) is 0 Å². The van der Waals surface area contributed by atoms with Crippen molar-refractivity contribution in [3.63, 3.8) is 0 Å². The molecule has 0 N–H and O–H groups in total. The summed E-state index contributed by atoms with van der Waals surface area (Å²) in [6.07, 6.45) is -4.32. The van der Waals surface area contributed by atoms with Crippen LogP contribution in [0, 0.1) is 0 Å². The van der Waals surface area contributed by atoms with E-state index in [-0.39, 0.29) is 6.61 Å². The molecule has 0 saturated carbocycles. The third-order valence-electron chi connectivity index (χ3n) is 1.30. The van der Waals surface area contributed by atoms with Gasteiger partial charge in [0.1, 0.15) is 5.57 Å². The second-order valence-corrected chi connectivity index (χ2v) is 4.14. The first-order valence-electron chi connectivity index (χ1n) is 4.09. The van der Waals surface area contributed by atoms with Crippen LogP contribution in [0.5, 0.6) is 0 Å². The van der Waals surface area contributed by atoms with E-state index in [2.05, 4.69) is 4.74 Å². The summed E-state index contributed by atoms with van der Waals surface area (Å²) in [6.45, 7) is 1.33. The van der Waals surface area contributed by atoms with Crippen molar-refractivity contribution in [2.45, 2.75) is 13.1 Å². The molecule has 0 unspecified atom stereocenters. The van der Waals surface area contributed by atoms with E-state index < -0.39 is 23.5 Å². The topological polar surface area (TPSA) is 46.6 Å². The van der Waals surface area contributed by atoms with Crippen molar-refractivity contribution in [2.75, 3.05) is 13.7 Å². The number of rotatable bonds is 4. The molecule has 0 rings (SSSR count). The summed E-state index contributed by atoms with van der Waals surface area (Å²) in [6, 6.07) is 0. The Hall–Kier alpha value is -0.800. The summed E-state index contributed by atoms with van der Waals surface area (Å²) in [4.78, 5) is 22.0. The van der Waals surface area contributed by atoms with Crippen molar-refractivity contribution >= 4 is 34.6 Å². The third kappa shape index (κ3) is 4.81. The molecule has 0 aromatic rings. The van der Waals surface area contributed by atoms with E-state index in [1.165, 1.54) is 14.0 Å². The van der Waals surface area contributed by atoms with E-state index in [1.807, 2.05) is 0 Å². The number of halogens is 4. The average molecular weight is 351 g/mol. The monoisotopic (exact) mass is 351 g/mol. The summed E-state index contributed by atoms with van der Waals surface area (Å²) in [5.74, 6) is -3.50. The maximum atomic E-state index is 12.1. The summed E-state index contributed by atoms with van der Waals surface area (Å²) >= 11 is 1.61. The molecule has 92 valence electrons. The number of hydrogen-bond acceptors (Lipinski definition) is 4. The SMILES string of the molecule is CCOC(=O)/C(=C\N(C)I)C(=O)C(F)(F)F. The molecule has 0 radical (unpaired) electrons. The lowest BCUT2D eigenvalue weighted by atomic mass is 10.2. The number of alkyl halides is 3. The molecule has 0 bridgehead atoms. The second kappa shape index (κ2) is 6.06. The lowest BCUT2D eigenvalue weighted by molar-refractivity contribution is -0.168. The number of carbonyl (C=O) groups excluding carboxylic acids is 2. The Kier molecular flexibility index (Phi) is 5.76. The van der Waals surface area contributed by atoms with E-state index >= 15 is 0 Å². The third-order valence-corrected chi connectivity index (χ3v) is 1.58. The van der Waals surface area contributed by atoms with Crippen LogP contribution >= 0.6 is 22.9 Å². The average Bonchev–Trinajstić information content (AvgIpc) is 2.11. The summed E-state index contributed by atoms with van der Waals surface area (Å²) < 4.78 is 41.9. The predicted octanol–water partition coefficient (Wildman–Crippen LogP) is 1.85. The molecule has 0 aliphatic heterocycles. The van der Waals surface area contributed by atoms with Gasteiger partial charge in [0.15, 0.2) is 0 Å². The lowest BCUT2D eigenvalue weighted by Gasteiger charge is -2.10. The van der Waals surface area contributed by atoms with Gasteiger partial charge in [-0.1, -0.05) is 0 Å². The van der Waals surface area contributed by atoms with Gasteiger partial charge < -0.3 is 7.85 Å². The van der Waals surface area contributed by atoms with Gasteiger partial charge in [-0.25, -0.2) is 4.79 Å². The van der Waals surface area contributed by atoms with Crippen LogP contribution in [0.1, 0.15) is 6.92 Å². The smallest absolute Gasteiger partial charge is 0.455 e. The molecule has 16 heavy (non-hydrogen) atoms. The summed E-state index contributed by atoms with van der Waals surface area (Å²) in [5, 5.41) is 0. The van der Waals surface area contributed by atoms with Crippen molar-refractivity contribution in [1.29, 1.82) is 0 Å². The fourth-order valence-electron chi connectivity index (χ4n) is 0.743. The molecule has 0 aromatic heterocycles. The highest BCUT2D eigenvalue weighted by Crippen LogP contribution is 2.22. The minimum atomic E-state index is -5.09. The number of carbonyl (C=O) groups is 2. The van der Waals surface area contributed by atoms with Crippen molar-refractivity contribution in [3.8, 4) is 0 Å². The zero-order chi connectivity index (χ0) is 12.9. The van der Waals surface area contributed by atoms with E-state index in [1.54, 1.807) is 22.9 Å². The zero-order valence-corrected chi connectivity index (χ0v) is 10.6. The molecule has 0 aliphatic carbocycles. The van der Waals surface area contributed by atoms with Gasteiger partial charge in [-0.05, 0) is 6.92 Å². The van der Waals surface area contributed by atoms with Crippen LogP contribution in [-0.4, -0.2) is 34.7 Å². The van der Waals surface area contributed by atoms with Crippen LogP contribution in [0.4, 0.5) is 13.2 Å². The van der Waals surface area contributed by atoms with Crippen LogP contribution in [-0.2, 0) is 14.3 Å². The maximum absolute atomic E-state index is 12.1. The molecule has 0 aromatic carbocycles. The Bertz CT molecular complexity index is 312. The highest BCUT2D eigenvalue weighted by molar-refractivity contribution is 14.1. The Balaban J connectivity index is 5.12. The van der Waals surface area contributed by atoms with Gasteiger partial charge >= 0.3 is 12.1 Å². The molecule has 4 nitrogen and oxygen atoms in total. The Morgan fingerprint density at radius 2 is 1.94 bits per heavy atom. The second-order valence-electron chi connectivity index (χ2n) is 2.61. The standard InChI is InChI=1S/C8H9F3INO3/c1-3-16-7(15)5(4-13(2)12)6(14)8(9,10)11/h4H,3H2,1-2H3/b5-4-. The minimum Gasteiger partial charge on any atom is -0.462 e. The Morgan fingerprint density at radius 3 is 2.25 bits per heavy atom. The first-order valence-corrected chi connectivity index (χ1v) is 5.05. The van der Waals surface area contributed by atoms with Crippen molar-refractivity contribution in [3.05, 3.63) is 11.8 Å². The molecule has 8 heteroatoms. The van der Waals surface area contributed by atoms with Crippen molar-refractivity contribution < 1.29 is 27.5 Å². The normalized spacial score (nSPS) is 12.2. The molecule has 0 aliphatic rings. The number of ether oxygens (including phenoxy) is 1. The van der Waals surface area contributed by atoms with Crippen molar-refractivity contribution in [2.24, 2.45) is 0 Å². The number of Topliss-reactive ketones (excluding diaryl/α,β-unsaturated/α-hetero) is 1. The van der Waals surface area contributed by atoms with Crippen molar-refractivity contribution in [1.82, 2.24) is 3.11 Å². The quantitative estimate of drug-likeness (QED) is 0.194. The highest BCUT2D eigenvalue weighted by Gasteiger charge is 2.43. The largest absolute Gasteiger partial charge is 0.462 e. The predicted molar refractivity (Wildman–Crippen MR) is 57.6 cm³/mol. The molecule has 0 atom stereocenters. The van der Waals surface area contributed by atoms with Gasteiger partial charge in [0.2, 0.25) is 0 Å². The van der Waals surface area contributed by atoms with E-state index in [9.17, 15) is 22.8 Å². The fourth-order valence-corrected chi connectivity index (χ4v) is 1.02. The van der Waals surface area contributed by atoms with Crippen LogP contribution in [0.3, 0.4) is 0 Å². The Morgan fingerprint density at radius 1 is 1.44 bits per heavy atom. The number of esters is 1. The first kappa shape index (κ1) is 15.2. The minimum absolute atomic E-state index is 0.105. The van der Waals surface area contributed by atoms with Gasteiger partial charge in [-0.2, -0.15) is 13.2 Å². The molecule has 0 spiro atoms. The van der Waals surface area contributed by atoms with Crippen LogP contribution in [0.15, 0.2) is 11.8 Å². The van der Waals surface area contributed by atoms with Gasteiger partial charge in [-0.3, -0.25) is 4.79 Å². The van der Waals surface area contributed by atoms with Crippen LogP contribution in [0.25, 0.3) is 0 Å². The number of ketones is 1. The highest BCUT2D eigenvalue weighted by atomic mass is 127. The number of nitrogens with zero attached hydrogens (tertiary/aromatic N) is 1. The lowest BCUT2D eigenvalue weighted by Crippen LogP contribution is -2.30. The molecular formula is C8H9F3INO3. The molecule has 0 fully saturated rings. The first-order chi connectivity index (χ1) is 7.20. The van der Waals surface area contributed by atoms with Gasteiger partial charge in [0.25, 0.3) is 5.78 Å². The zero-order valence-electron chi connectivity index (χ0n) is 8.47.